The van der Waals surface area contributed by atoms with Crippen LogP contribution in [0.3, 0.4) is 0 Å². The van der Waals surface area contributed by atoms with Crippen LogP contribution >= 0.6 is 0 Å². The zero-order chi connectivity index (χ0) is 32.4. The first-order chi connectivity index (χ1) is 23.7. The molecule has 4 heterocycles. The Morgan fingerprint density at radius 3 is 0.812 bits per heavy atom. The van der Waals surface area contributed by atoms with Crippen LogP contribution in [0.25, 0.3) is 36.5 Å². The van der Waals surface area contributed by atoms with Crippen molar-refractivity contribution in [3.05, 3.63) is 107 Å². The maximum absolute atomic E-state index is 4.81. The van der Waals surface area contributed by atoms with E-state index in [1.54, 1.807) is 0 Å². The van der Waals surface area contributed by atoms with E-state index in [-0.39, 0.29) is 0 Å². The molecule has 1 aromatic heterocycles. The Labute approximate surface area is 286 Å². The quantitative estimate of drug-likeness (QED) is 0.182. The van der Waals surface area contributed by atoms with Crippen LogP contribution in [0.15, 0.2) is 72.8 Å². The Kier molecular flexibility index (Phi) is 10.6. The van der Waals surface area contributed by atoms with Crippen LogP contribution in [-0.4, -0.2) is 54.2 Å². The Morgan fingerprint density at radius 1 is 0.312 bits per heavy atom. The highest BCUT2D eigenvalue weighted by Crippen LogP contribution is 2.24. The first-order valence-corrected chi connectivity index (χ1v) is 18.1. The highest BCUT2D eigenvalue weighted by molar-refractivity contribution is 5.73. The molecule has 3 aromatic carbocycles. The fraction of sp³-hybridized carbons (Fsp3) is 0.357. The molecule has 0 atom stereocenters. The Bertz CT molecular complexity index is 1470. The molecule has 0 saturated carbocycles. The second-order valence-corrected chi connectivity index (χ2v) is 13.3. The summed E-state index contributed by atoms with van der Waals surface area (Å²) in [7, 11) is 0. The van der Waals surface area contributed by atoms with Gasteiger partial charge in [0.2, 0.25) is 0 Å². The van der Waals surface area contributed by atoms with Gasteiger partial charge in [-0.3, -0.25) is 0 Å². The molecule has 3 aliphatic rings. The van der Waals surface area contributed by atoms with Crippen LogP contribution in [0.1, 0.15) is 92.0 Å². The third kappa shape index (κ3) is 8.60. The van der Waals surface area contributed by atoms with Gasteiger partial charge in [0, 0.05) is 56.3 Å². The van der Waals surface area contributed by atoms with Gasteiger partial charge in [-0.05, 0) is 129 Å². The summed E-state index contributed by atoms with van der Waals surface area (Å²) < 4.78 is 0. The summed E-state index contributed by atoms with van der Waals surface area (Å²) >= 11 is 0. The summed E-state index contributed by atoms with van der Waals surface area (Å²) in [6.07, 6.45) is 24.0. The largest absolute Gasteiger partial charge is 0.372 e. The number of piperidine rings is 3. The molecule has 0 bridgehead atoms. The molecule has 48 heavy (non-hydrogen) atoms. The van der Waals surface area contributed by atoms with E-state index in [1.807, 2.05) is 18.2 Å². The first kappa shape index (κ1) is 31.9. The lowest BCUT2D eigenvalue weighted by molar-refractivity contribution is 0.578. The average molecular weight is 637 g/mol. The third-order valence-corrected chi connectivity index (χ3v) is 9.80. The molecule has 7 rings (SSSR count). The summed E-state index contributed by atoms with van der Waals surface area (Å²) in [5.74, 6) is 1.93. The zero-order valence-corrected chi connectivity index (χ0v) is 28.2. The smallest absolute Gasteiger partial charge is 0.156 e. The monoisotopic (exact) mass is 636 g/mol. The Balaban J connectivity index is 1.09. The van der Waals surface area contributed by atoms with Crippen molar-refractivity contribution < 1.29 is 0 Å². The van der Waals surface area contributed by atoms with Crippen LogP contribution < -0.4 is 14.7 Å². The predicted octanol–water partition coefficient (Wildman–Crippen LogP) is 9.35. The van der Waals surface area contributed by atoms with E-state index in [1.165, 1.54) is 74.8 Å². The summed E-state index contributed by atoms with van der Waals surface area (Å²) in [6.45, 7) is 6.90. The van der Waals surface area contributed by atoms with Crippen LogP contribution in [0.2, 0.25) is 0 Å². The second kappa shape index (κ2) is 15.9. The van der Waals surface area contributed by atoms with Gasteiger partial charge in [0.25, 0.3) is 0 Å². The van der Waals surface area contributed by atoms with Gasteiger partial charge in [0.15, 0.2) is 17.5 Å². The van der Waals surface area contributed by atoms with Crippen molar-refractivity contribution in [3.8, 4) is 0 Å². The maximum Gasteiger partial charge on any atom is 0.156 e. The van der Waals surface area contributed by atoms with E-state index < -0.39 is 0 Å². The number of rotatable bonds is 9. The summed E-state index contributed by atoms with van der Waals surface area (Å²) in [5, 5.41) is 0. The van der Waals surface area contributed by atoms with Crippen molar-refractivity contribution >= 4 is 53.5 Å². The van der Waals surface area contributed by atoms with Crippen LogP contribution in [0.5, 0.6) is 0 Å². The standard InChI is InChI=1S/C42H48N6/c1-4-28-46(29-5-1)37-19-10-34(11-20-37)16-25-40-43-41(26-17-35-12-21-38(22-13-35)47-30-6-2-7-31-47)45-42(44-40)27-18-36-14-23-39(24-15-36)48-32-8-3-9-33-48/h10-27H,1-9,28-33H2/b25-16+,26-17+,27-18+. The number of hydrogen-bond acceptors (Lipinski definition) is 6. The lowest BCUT2D eigenvalue weighted by Crippen LogP contribution is -2.29. The number of nitrogens with zero attached hydrogens (tertiary/aromatic N) is 6. The van der Waals surface area contributed by atoms with Gasteiger partial charge in [0.05, 0.1) is 0 Å². The molecule has 6 nitrogen and oxygen atoms in total. The van der Waals surface area contributed by atoms with Gasteiger partial charge in [-0.2, -0.15) is 0 Å². The summed E-state index contributed by atoms with van der Waals surface area (Å²) in [6, 6.07) is 26.5. The molecule has 4 aromatic rings. The van der Waals surface area contributed by atoms with Gasteiger partial charge >= 0.3 is 0 Å². The van der Waals surface area contributed by atoms with Crippen molar-refractivity contribution in [2.45, 2.75) is 57.8 Å². The highest BCUT2D eigenvalue weighted by atomic mass is 15.1. The zero-order valence-electron chi connectivity index (χ0n) is 28.2. The van der Waals surface area contributed by atoms with Crippen molar-refractivity contribution in [2.24, 2.45) is 0 Å². The van der Waals surface area contributed by atoms with E-state index in [9.17, 15) is 0 Å². The Morgan fingerprint density at radius 2 is 0.562 bits per heavy atom. The molecular weight excluding hydrogens is 589 g/mol. The number of aromatic nitrogens is 3. The molecule has 0 N–H and O–H groups in total. The molecule has 0 spiro atoms. The molecule has 3 fully saturated rings. The number of benzene rings is 3. The molecule has 3 aliphatic heterocycles. The minimum Gasteiger partial charge on any atom is -0.372 e. The van der Waals surface area contributed by atoms with E-state index in [0.717, 1.165) is 56.0 Å². The molecule has 0 radical (unpaired) electrons. The fourth-order valence-corrected chi connectivity index (χ4v) is 7.01. The summed E-state index contributed by atoms with van der Waals surface area (Å²) in [5.41, 5.74) is 7.31. The average Bonchev–Trinajstić information content (AvgIpc) is 3.17. The topological polar surface area (TPSA) is 48.4 Å². The molecule has 0 aliphatic carbocycles. The minimum atomic E-state index is 0.644. The van der Waals surface area contributed by atoms with Crippen molar-refractivity contribution in [1.29, 1.82) is 0 Å². The van der Waals surface area contributed by atoms with Crippen molar-refractivity contribution in [2.75, 3.05) is 54.0 Å². The predicted molar refractivity (Wildman–Crippen MR) is 204 cm³/mol. The van der Waals surface area contributed by atoms with Gasteiger partial charge < -0.3 is 14.7 Å². The minimum absolute atomic E-state index is 0.644. The second-order valence-electron chi connectivity index (χ2n) is 13.3. The normalized spacial score (nSPS) is 17.6. The maximum atomic E-state index is 4.81. The summed E-state index contributed by atoms with van der Waals surface area (Å²) in [4.78, 5) is 21.9. The third-order valence-electron chi connectivity index (χ3n) is 9.80. The van der Waals surface area contributed by atoms with Gasteiger partial charge in [-0.1, -0.05) is 54.6 Å². The molecule has 3 saturated heterocycles. The number of hydrogen-bond donors (Lipinski definition) is 0. The molecule has 6 heteroatoms. The van der Waals surface area contributed by atoms with Gasteiger partial charge in [-0.15, -0.1) is 0 Å². The van der Waals surface area contributed by atoms with Crippen LogP contribution in [0.4, 0.5) is 17.1 Å². The Hall–Kier alpha value is -4.71. The van der Waals surface area contributed by atoms with Gasteiger partial charge in [-0.25, -0.2) is 15.0 Å². The van der Waals surface area contributed by atoms with Gasteiger partial charge in [0.1, 0.15) is 0 Å². The van der Waals surface area contributed by atoms with Crippen molar-refractivity contribution in [3.63, 3.8) is 0 Å². The SMILES string of the molecule is C(=C\c1nc(/C=C/c2ccc(N3CCCCC3)cc2)nc(/C=C/c2ccc(N3CCCCC3)cc2)n1)/c1ccc(N2CCCCC2)cc1. The van der Waals surface area contributed by atoms with E-state index in [4.69, 9.17) is 15.0 Å². The van der Waals surface area contributed by atoms with E-state index >= 15 is 0 Å². The molecule has 246 valence electrons. The highest BCUT2D eigenvalue weighted by Gasteiger charge is 2.12. The van der Waals surface area contributed by atoms with Crippen LogP contribution in [0, 0.1) is 0 Å². The first-order valence-electron chi connectivity index (χ1n) is 18.1. The number of anilines is 3. The molecule has 0 amide bonds. The molecular formula is C42H48N6. The lowest BCUT2D eigenvalue weighted by atomic mass is 10.1. The molecule has 0 unspecified atom stereocenters. The van der Waals surface area contributed by atoms with Crippen LogP contribution in [-0.2, 0) is 0 Å². The van der Waals surface area contributed by atoms with Crippen molar-refractivity contribution in [1.82, 2.24) is 15.0 Å². The van der Waals surface area contributed by atoms with E-state index in [2.05, 4.69) is 106 Å². The fourth-order valence-electron chi connectivity index (χ4n) is 7.01. The lowest BCUT2D eigenvalue weighted by Gasteiger charge is -2.28. The van der Waals surface area contributed by atoms with E-state index in [0.29, 0.717) is 17.5 Å².